The zero-order chi connectivity index (χ0) is 14.7. The number of likely N-dealkylation sites (tertiary alicyclic amines) is 1. The molecule has 1 saturated carbocycles. The molecule has 4 heteroatoms. The lowest BCUT2D eigenvalue weighted by molar-refractivity contribution is -0.151. The van der Waals surface area contributed by atoms with Crippen molar-refractivity contribution in [3.8, 4) is 0 Å². The lowest BCUT2D eigenvalue weighted by Gasteiger charge is -2.45. The van der Waals surface area contributed by atoms with E-state index in [2.05, 4.69) is 4.90 Å². The van der Waals surface area contributed by atoms with Crippen molar-refractivity contribution in [1.29, 1.82) is 0 Å². The summed E-state index contributed by atoms with van der Waals surface area (Å²) in [6, 6.07) is 0.606. The zero-order valence-electron chi connectivity index (χ0n) is 13.3. The molecule has 2 saturated heterocycles. The van der Waals surface area contributed by atoms with E-state index in [-0.39, 0.29) is 17.5 Å². The van der Waals surface area contributed by atoms with E-state index in [4.69, 9.17) is 9.47 Å². The Labute approximate surface area is 128 Å². The quantitative estimate of drug-likeness (QED) is 0.751. The van der Waals surface area contributed by atoms with E-state index in [0.717, 1.165) is 39.0 Å². The van der Waals surface area contributed by atoms with Gasteiger partial charge in [-0.05, 0) is 52.0 Å². The number of carbonyl (C=O) groups excluding carboxylic acids is 1. The van der Waals surface area contributed by atoms with Gasteiger partial charge in [-0.2, -0.15) is 0 Å². The van der Waals surface area contributed by atoms with Gasteiger partial charge in [0.25, 0.3) is 0 Å². The fraction of sp³-hybridized carbons (Fsp3) is 0.941. The topological polar surface area (TPSA) is 38.8 Å². The number of rotatable bonds is 3. The number of esters is 1. The molecule has 0 aromatic carbocycles. The molecule has 0 radical (unpaired) electrons. The fourth-order valence-corrected chi connectivity index (χ4v) is 4.47. The predicted octanol–water partition coefficient (Wildman–Crippen LogP) is 2.75. The fourth-order valence-electron chi connectivity index (χ4n) is 4.47. The first-order valence-corrected chi connectivity index (χ1v) is 8.77. The summed E-state index contributed by atoms with van der Waals surface area (Å²) in [5.74, 6) is 0.0888. The molecule has 0 amide bonds. The van der Waals surface area contributed by atoms with Crippen LogP contribution in [0.3, 0.4) is 0 Å². The van der Waals surface area contributed by atoms with Crippen molar-refractivity contribution in [3.05, 3.63) is 0 Å². The highest BCUT2D eigenvalue weighted by Crippen LogP contribution is 2.41. The Morgan fingerprint density at radius 2 is 2.10 bits per heavy atom. The first-order valence-electron chi connectivity index (χ1n) is 8.77. The molecular formula is C17H29NO3. The van der Waals surface area contributed by atoms with E-state index < -0.39 is 0 Å². The molecule has 4 nitrogen and oxygen atoms in total. The Kier molecular flexibility index (Phi) is 4.85. The maximum absolute atomic E-state index is 12.0. The van der Waals surface area contributed by atoms with Gasteiger partial charge in [-0.15, -0.1) is 0 Å². The van der Waals surface area contributed by atoms with Gasteiger partial charge < -0.3 is 9.47 Å². The molecule has 0 aromatic rings. The van der Waals surface area contributed by atoms with Gasteiger partial charge in [-0.1, -0.05) is 12.8 Å². The van der Waals surface area contributed by atoms with Gasteiger partial charge >= 0.3 is 5.97 Å². The number of hydrogen-bond donors (Lipinski definition) is 0. The molecule has 120 valence electrons. The number of hydrogen-bond acceptors (Lipinski definition) is 4. The van der Waals surface area contributed by atoms with Crippen LogP contribution in [0.4, 0.5) is 0 Å². The summed E-state index contributed by atoms with van der Waals surface area (Å²) in [4.78, 5) is 14.6. The smallest absolute Gasteiger partial charge is 0.310 e. The summed E-state index contributed by atoms with van der Waals surface area (Å²) < 4.78 is 11.4. The van der Waals surface area contributed by atoms with Crippen molar-refractivity contribution < 1.29 is 14.3 Å². The molecule has 0 N–H and O–H groups in total. The van der Waals surface area contributed by atoms with Crippen LogP contribution in [0.15, 0.2) is 0 Å². The summed E-state index contributed by atoms with van der Waals surface area (Å²) in [5.41, 5.74) is 0.166. The highest BCUT2D eigenvalue weighted by atomic mass is 16.5. The molecule has 21 heavy (non-hydrogen) atoms. The molecule has 3 fully saturated rings. The van der Waals surface area contributed by atoms with E-state index in [1.807, 2.05) is 6.92 Å². The summed E-state index contributed by atoms with van der Waals surface area (Å²) in [6.07, 6.45) is 9.50. The Balaban J connectivity index is 1.59. The Morgan fingerprint density at radius 3 is 2.86 bits per heavy atom. The van der Waals surface area contributed by atoms with Crippen LogP contribution in [0, 0.1) is 5.92 Å². The van der Waals surface area contributed by atoms with Crippen molar-refractivity contribution in [1.82, 2.24) is 4.90 Å². The van der Waals surface area contributed by atoms with Gasteiger partial charge in [0.05, 0.1) is 18.1 Å². The summed E-state index contributed by atoms with van der Waals surface area (Å²) in [7, 11) is 0. The summed E-state index contributed by atoms with van der Waals surface area (Å²) in [5, 5.41) is 0. The predicted molar refractivity (Wildman–Crippen MR) is 81.1 cm³/mol. The third-order valence-corrected chi connectivity index (χ3v) is 5.57. The first kappa shape index (κ1) is 15.3. The van der Waals surface area contributed by atoms with Gasteiger partial charge in [0, 0.05) is 19.2 Å². The number of piperidine rings is 1. The molecule has 1 spiro atoms. The Hall–Kier alpha value is -0.610. The minimum atomic E-state index is 0.00448. The van der Waals surface area contributed by atoms with E-state index in [1.165, 1.54) is 32.1 Å². The van der Waals surface area contributed by atoms with Crippen LogP contribution >= 0.6 is 0 Å². The molecular weight excluding hydrogens is 266 g/mol. The van der Waals surface area contributed by atoms with Gasteiger partial charge in [-0.3, -0.25) is 9.69 Å². The molecule has 0 bridgehead atoms. The lowest BCUT2D eigenvalue weighted by Crippen LogP contribution is -2.51. The molecule has 3 aliphatic rings. The highest BCUT2D eigenvalue weighted by molar-refractivity contribution is 5.72. The Morgan fingerprint density at radius 1 is 1.29 bits per heavy atom. The number of nitrogens with zero attached hydrogens (tertiary/aromatic N) is 1. The van der Waals surface area contributed by atoms with E-state index in [1.54, 1.807) is 0 Å². The second-order valence-electron chi connectivity index (χ2n) is 6.97. The maximum Gasteiger partial charge on any atom is 0.310 e. The minimum absolute atomic E-state index is 0.00448. The van der Waals surface area contributed by atoms with Crippen molar-refractivity contribution in [2.75, 3.05) is 26.3 Å². The third-order valence-electron chi connectivity index (χ3n) is 5.57. The van der Waals surface area contributed by atoms with E-state index in [0.29, 0.717) is 12.6 Å². The SMILES string of the molecule is CCOC(=O)[C@@H]1CCCN(C2CCOC3(CCCC3)C2)C1. The zero-order valence-corrected chi connectivity index (χ0v) is 13.3. The van der Waals surface area contributed by atoms with Gasteiger partial charge in [0.15, 0.2) is 0 Å². The van der Waals surface area contributed by atoms with Crippen LogP contribution in [0.5, 0.6) is 0 Å². The summed E-state index contributed by atoms with van der Waals surface area (Å²) in [6.45, 7) is 5.30. The standard InChI is InChI=1S/C17H29NO3/c1-2-20-16(19)14-6-5-10-18(13-14)15-7-11-21-17(12-15)8-3-4-9-17/h14-15H,2-13H2,1H3/t14-,15?/m1/s1. The average Bonchev–Trinajstić information content (AvgIpc) is 2.95. The van der Waals surface area contributed by atoms with Crippen LogP contribution in [0.25, 0.3) is 0 Å². The molecule has 2 aliphatic heterocycles. The molecule has 2 atom stereocenters. The second-order valence-corrected chi connectivity index (χ2v) is 6.97. The molecule has 1 aliphatic carbocycles. The van der Waals surface area contributed by atoms with Crippen LogP contribution in [-0.4, -0.2) is 48.8 Å². The van der Waals surface area contributed by atoms with Crippen molar-refractivity contribution in [2.24, 2.45) is 5.92 Å². The molecule has 2 heterocycles. The van der Waals surface area contributed by atoms with Crippen LogP contribution in [0.2, 0.25) is 0 Å². The lowest BCUT2D eigenvalue weighted by atomic mass is 9.86. The van der Waals surface area contributed by atoms with Crippen LogP contribution in [0.1, 0.15) is 58.3 Å². The van der Waals surface area contributed by atoms with Crippen LogP contribution < -0.4 is 0 Å². The van der Waals surface area contributed by atoms with Crippen molar-refractivity contribution >= 4 is 5.97 Å². The highest BCUT2D eigenvalue weighted by Gasteiger charge is 2.42. The Bertz CT molecular complexity index is 365. The minimum Gasteiger partial charge on any atom is -0.466 e. The second kappa shape index (κ2) is 6.66. The maximum atomic E-state index is 12.0. The van der Waals surface area contributed by atoms with E-state index >= 15 is 0 Å². The van der Waals surface area contributed by atoms with Gasteiger partial charge in [-0.25, -0.2) is 0 Å². The van der Waals surface area contributed by atoms with Gasteiger partial charge in [0.1, 0.15) is 0 Å². The number of ether oxygens (including phenoxy) is 2. The van der Waals surface area contributed by atoms with Crippen molar-refractivity contribution in [3.63, 3.8) is 0 Å². The van der Waals surface area contributed by atoms with Gasteiger partial charge in [0.2, 0.25) is 0 Å². The normalized spacial score (nSPS) is 33.2. The molecule has 1 unspecified atom stereocenters. The van der Waals surface area contributed by atoms with E-state index in [9.17, 15) is 4.79 Å². The molecule has 0 aromatic heterocycles. The first-order chi connectivity index (χ1) is 10.2. The average molecular weight is 295 g/mol. The number of carbonyl (C=O) groups is 1. The third kappa shape index (κ3) is 3.42. The largest absolute Gasteiger partial charge is 0.466 e. The van der Waals surface area contributed by atoms with Crippen LogP contribution in [-0.2, 0) is 14.3 Å². The molecule has 3 rings (SSSR count). The monoisotopic (exact) mass is 295 g/mol. The van der Waals surface area contributed by atoms with Crippen molar-refractivity contribution in [2.45, 2.75) is 69.9 Å². The summed E-state index contributed by atoms with van der Waals surface area (Å²) >= 11 is 0.